The fourth-order valence-electron chi connectivity index (χ4n) is 2.50. The summed E-state index contributed by atoms with van der Waals surface area (Å²) in [7, 11) is 1.83. The van der Waals surface area contributed by atoms with Crippen LogP contribution in [0.4, 0.5) is 0 Å². The molecule has 1 aliphatic heterocycles. The number of nitrogens with one attached hydrogen (secondary N) is 1. The van der Waals surface area contributed by atoms with E-state index in [-0.39, 0.29) is 0 Å². The van der Waals surface area contributed by atoms with Crippen LogP contribution in [-0.4, -0.2) is 43.8 Å². The van der Waals surface area contributed by atoms with Gasteiger partial charge in [-0.05, 0) is 31.2 Å². The minimum atomic E-state index is 0.479. The zero-order chi connectivity index (χ0) is 12.8. The van der Waals surface area contributed by atoms with Crippen molar-refractivity contribution < 1.29 is 4.74 Å². The Hall–Kier alpha value is -0.420. The molecule has 2 rings (SSSR count). The van der Waals surface area contributed by atoms with E-state index in [1.807, 2.05) is 18.4 Å². The van der Waals surface area contributed by atoms with Crippen LogP contribution in [0.1, 0.15) is 24.6 Å². The van der Waals surface area contributed by atoms with Gasteiger partial charge < -0.3 is 10.1 Å². The highest BCUT2D eigenvalue weighted by atomic mass is 32.1. The molecule has 4 heteroatoms. The Bertz CT molecular complexity index is 321. The molecule has 0 spiro atoms. The molecule has 102 valence electrons. The van der Waals surface area contributed by atoms with Crippen molar-refractivity contribution in [1.29, 1.82) is 0 Å². The first kappa shape index (κ1) is 14.0. The van der Waals surface area contributed by atoms with E-state index in [4.69, 9.17) is 4.74 Å². The van der Waals surface area contributed by atoms with Crippen LogP contribution in [0.3, 0.4) is 0 Å². The van der Waals surface area contributed by atoms with Crippen molar-refractivity contribution in [1.82, 2.24) is 10.2 Å². The molecule has 1 atom stereocenters. The topological polar surface area (TPSA) is 24.5 Å². The van der Waals surface area contributed by atoms with Crippen molar-refractivity contribution in [2.24, 2.45) is 0 Å². The average molecular weight is 268 g/mol. The van der Waals surface area contributed by atoms with Gasteiger partial charge in [0.15, 0.2) is 0 Å². The minimum Gasteiger partial charge on any atom is -0.381 e. The van der Waals surface area contributed by atoms with Crippen LogP contribution >= 0.6 is 11.3 Å². The van der Waals surface area contributed by atoms with Gasteiger partial charge >= 0.3 is 0 Å². The third-order valence-electron chi connectivity index (χ3n) is 3.75. The molecule has 1 N–H and O–H groups in total. The van der Waals surface area contributed by atoms with Gasteiger partial charge in [-0.15, -0.1) is 11.3 Å². The lowest BCUT2D eigenvalue weighted by Gasteiger charge is -2.35. The van der Waals surface area contributed by atoms with Gasteiger partial charge in [-0.25, -0.2) is 0 Å². The lowest BCUT2D eigenvalue weighted by Crippen LogP contribution is -2.45. The second-order valence-corrected chi connectivity index (χ2v) is 6.06. The summed E-state index contributed by atoms with van der Waals surface area (Å²) in [5.74, 6) is 0. The van der Waals surface area contributed by atoms with Crippen molar-refractivity contribution in [2.45, 2.75) is 38.5 Å². The Morgan fingerprint density at radius 3 is 2.89 bits per heavy atom. The first-order valence-electron chi connectivity index (χ1n) is 6.79. The number of piperidine rings is 1. The normalized spacial score (nSPS) is 20.1. The molecule has 1 aliphatic rings. The predicted molar refractivity (Wildman–Crippen MR) is 77.1 cm³/mol. The Kier molecular flexibility index (Phi) is 5.63. The zero-order valence-electron chi connectivity index (χ0n) is 11.4. The fraction of sp³-hybridized carbons (Fsp3) is 0.714. The van der Waals surface area contributed by atoms with Crippen molar-refractivity contribution in [3.63, 3.8) is 0 Å². The van der Waals surface area contributed by atoms with E-state index in [9.17, 15) is 0 Å². The van der Waals surface area contributed by atoms with Gasteiger partial charge in [0.05, 0.1) is 6.10 Å². The highest BCUT2D eigenvalue weighted by molar-refractivity contribution is 7.09. The van der Waals surface area contributed by atoms with Crippen molar-refractivity contribution in [3.05, 3.63) is 22.4 Å². The van der Waals surface area contributed by atoms with Gasteiger partial charge in [-0.2, -0.15) is 0 Å². The third kappa shape index (κ3) is 4.05. The van der Waals surface area contributed by atoms with Crippen LogP contribution in [0.5, 0.6) is 0 Å². The van der Waals surface area contributed by atoms with Crippen LogP contribution in [-0.2, 0) is 11.3 Å². The van der Waals surface area contributed by atoms with Crippen LogP contribution < -0.4 is 5.32 Å². The molecule has 0 radical (unpaired) electrons. The molecule has 0 aliphatic carbocycles. The van der Waals surface area contributed by atoms with Crippen molar-refractivity contribution in [3.8, 4) is 0 Å². The lowest BCUT2D eigenvalue weighted by atomic mass is 10.1. The van der Waals surface area contributed by atoms with Gasteiger partial charge in [0.25, 0.3) is 0 Å². The second-order valence-electron chi connectivity index (χ2n) is 5.03. The number of thiophene rings is 1. The van der Waals surface area contributed by atoms with Crippen molar-refractivity contribution >= 4 is 11.3 Å². The Morgan fingerprint density at radius 1 is 1.50 bits per heavy atom. The summed E-state index contributed by atoms with van der Waals surface area (Å²) in [4.78, 5) is 3.98. The summed E-state index contributed by atoms with van der Waals surface area (Å²) in [5.41, 5.74) is 0. The molecule has 18 heavy (non-hydrogen) atoms. The van der Waals surface area contributed by atoms with E-state index >= 15 is 0 Å². The smallest absolute Gasteiger partial charge is 0.0595 e. The fourth-order valence-corrected chi connectivity index (χ4v) is 3.17. The molecule has 0 aromatic carbocycles. The number of nitrogens with zero attached hydrogens (tertiary/aromatic N) is 1. The quantitative estimate of drug-likeness (QED) is 0.857. The van der Waals surface area contributed by atoms with Crippen LogP contribution in [0, 0.1) is 0 Å². The highest BCUT2D eigenvalue weighted by Crippen LogP contribution is 2.15. The van der Waals surface area contributed by atoms with Gasteiger partial charge in [0, 0.05) is 44.2 Å². The van der Waals surface area contributed by atoms with Gasteiger partial charge in [-0.3, -0.25) is 4.90 Å². The first-order valence-corrected chi connectivity index (χ1v) is 7.67. The Morgan fingerprint density at radius 2 is 2.28 bits per heavy atom. The molecule has 0 saturated carbocycles. The van der Waals surface area contributed by atoms with Crippen LogP contribution in [0.2, 0.25) is 0 Å². The zero-order valence-corrected chi connectivity index (χ0v) is 12.2. The maximum absolute atomic E-state index is 5.41. The number of hydrogen-bond acceptors (Lipinski definition) is 4. The molecule has 1 fully saturated rings. The monoisotopic (exact) mass is 268 g/mol. The number of hydrogen-bond donors (Lipinski definition) is 1. The van der Waals surface area contributed by atoms with E-state index in [1.54, 1.807) is 0 Å². The Labute approximate surface area is 114 Å². The maximum Gasteiger partial charge on any atom is 0.0595 e. The Balaban J connectivity index is 1.64. The van der Waals surface area contributed by atoms with Crippen LogP contribution in [0.25, 0.3) is 0 Å². The number of ether oxygens (including phenoxy) is 1. The molecule has 0 bridgehead atoms. The SMILES string of the molecule is COC1CCN(C(C)CNCc2cccs2)CC1. The molecule has 0 amide bonds. The van der Waals surface area contributed by atoms with Gasteiger partial charge in [0.2, 0.25) is 0 Å². The van der Waals surface area contributed by atoms with E-state index in [0.717, 1.165) is 13.1 Å². The average Bonchev–Trinajstić information content (AvgIpc) is 2.92. The lowest BCUT2D eigenvalue weighted by molar-refractivity contribution is 0.0298. The van der Waals surface area contributed by atoms with Gasteiger partial charge in [0.1, 0.15) is 0 Å². The predicted octanol–water partition coefficient (Wildman–Crippen LogP) is 2.34. The summed E-state index contributed by atoms with van der Waals surface area (Å²) in [6.45, 7) is 6.71. The van der Waals surface area contributed by atoms with E-state index < -0.39 is 0 Å². The van der Waals surface area contributed by atoms with E-state index in [2.05, 4.69) is 34.7 Å². The van der Waals surface area contributed by atoms with E-state index in [0.29, 0.717) is 12.1 Å². The molecule has 1 saturated heterocycles. The summed E-state index contributed by atoms with van der Waals surface area (Å²) in [5, 5.41) is 5.68. The highest BCUT2D eigenvalue weighted by Gasteiger charge is 2.21. The summed E-state index contributed by atoms with van der Waals surface area (Å²) < 4.78 is 5.41. The maximum atomic E-state index is 5.41. The molecule has 1 unspecified atom stereocenters. The molecule has 1 aromatic rings. The second kappa shape index (κ2) is 7.24. The van der Waals surface area contributed by atoms with Gasteiger partial charge in [-0.1, -0.05) is 6.07 Å². The number of methoxy groups -OCH3 is 1. The van der Waals surface area contributed by atoms with E-state index in [1.165, 1.54) is 30.8 Å². The number of likely N-dealkylation sites (tertiary alicyclic amines) is 1. The largest absolute Gasteiger partial charge is 0.381 e. The molecular weight excluding hydrogens is 244 g/mol. The summed E-state index contributed by atoms with van der Waals surface area (Å²) >= 11 is 1.82. The van der Waals surface area contributed by atoms with Crippen molar-refractivity contribution in [2.75, 3.05) is 26.7 Å². The minimum absolute atomic E-state index is 0.479. The summed E-state index contributed by atoms with van der Waals surface area (Å²) in [6.07, 6.45) is 2.82. The summed E-state index contributed by atoms with van der Waals surface area (Å²) in [6, 6.07) is 4.91. The first-order chi connectivity index (χ1) is 8.79. The standard InChI is InChI=1S/C14H24N2OS/c1-12(10-15-11-14-4-3-9-18-14)16-7-5-13(17-2)6-8-16/h3-4,9,12-13,15H,5-8,10-11H2,1-2H3. The third-order valence-corrected chi connectivity index (χ3v) is 4.63. The molecule has 2 heterocycles. The number of rotatable bonds is 6. The molecule has 1 aromatic heterocycles. The molecular formula is C14H24N2OS. The van der Waals surface area contributed by atoms with Crippen LogP contribution in [0.15, 0.2) is 17.5 Å². The molecule has 3 nitrogen and oxygen atoms in total.